The van der Waals surface area contributed by atoms with E-state index in [2.05, 4.69) is 18.0 Å². The fraction of sp³-hybridized carbons (Fsp3) is 0.231. The highest BCUT2D eigenvalue weighted by molar-refractivity contribution is 5.91. The minimum atomic E-state index is 0.573. The highest BCUT2D eigenvalue weighted by atomic mass is 16.5. The molecule has 0 saturated carbocycles. The molecule has 0 amide bonds. The van der Waals surface area contributed by atoms with Crippen molar-refractivity contribution in [1.29, 1.82) is 5.26 Å². The maximum atomic E-state index is 8.99. The number of hydrogen-bond acceptors (Lipinski definition) is 3. The highest BCUT2D eigenvalue weighted by Gasteiger charge is 2.07. The zero-order valence-electron chi connectivity index (χ0n) is 9.32. The maximum absolute atomic E-state index is 8.99. The molecule has 0 unspecified atom stereocenters. The van der Waals surface area contributed by atoms with Crippen LogP contribution in [-0.4, -0.2) is 12.1 Å². The minimum absolute atomic E-state index is 0.573. The smallest absolute Gasteiger partial charge is 0.221 e. The van der Waals surface area contributed by atoms with Gasteiger partial charge in [0, 0.05) is 17.0 Å². The Balaban J connectivity index is 2.81. The molecule has 0 radical (unpaired) electrons. The number of pyridine rings is 1. The van der Waals surface area contributed by atoms with Gasteiger partial charge in [0.15, 0.2) is 0 Å². The Hall–Kier alpha value is -2.08. The van der Waals surface area contributed by atoms with Crippen molar-refractivity contribution in [3.63, 3.8) is 0 Å². The van der Waals surface area contributed by atoms with Gasteiger partial charge in [-0.25, -0.2) is 4.98 Å². The molecular weight excluding hydrogens is 200 g/mol. The molecule has 0 bridgehead atoms. The van der Waals surface area contributed by atoms with Crippen LogP contribution in [-0.2, 0) is 6.42 Å². The van der Waals surface area contributed by atoms with Crippen molar-refractivity contribution < 1.29 is 4.74 Å². The number of fused-ring (bicyclic) bond motifs is 1. The molecule has 0 spiro atoms. The van der Waals surface area contributed by atoms with Crippen LogP contribution in [0, 0.1) is 11.3 Å². The van der Waals surface area contributed by atoms with E-state index in [4.69, 9.17) is 10.00 Å². The van der Waals surface area contributed by atoms with Crippen LogP contribution in [0.25, 0.3) is 10.8 Å². The monoisotopic (exact) mass is 212 g/mol. The number of nitrogens with zero attached hydrogens (tertiary/aromatic N) is 2. The Kier molecular flexibility index (Phi) is 2.74. The quantitative estimate of drug-likeness (QED) is 0.768. The summed E-state index contributed by atoms with van der Waals surface area (Å²) in [7, 11) is 1.59. The third-order valence-corrected chi connectivity index (χ3v) is 2.64. The molecule has 1 heterocycles. The Morgan fingerprint density at radius 2 is 2.19 bits per heavy atom. The van der Waals surface area contributed by atoms with Crippen molar-refractivity contribution in [3.05, 3.63) is 35.5 Å². The van der Waals surface area contributed by atoms with Gasteiger partial charge in [-0.05, 0) is 18.1 Å². The van der Waals surface area contributed by atoms with Crippen molar-refractivity contribution in [2.45, 2.75) is 13.3 Å². The van der Waals surface area contributed by atoms with Crippen molar-refractivity contribution in [1.82, 2.24) is 4.98 Å². The number of aryl methyl sites for hydroxylation is 1. The molecule has 0 aliphatic rings. The van der Waals surface area contributed by atoms with Crippen molar-refractivity contribution in [2.24, 2.45) is 0 Å². The molecule has 80 valence electrons. The average Bonchev–Trinajstić information content (AvgIpc) is 2.36. The summed E-state index contributed by atoms with van der Waals surface area (Å²) in [5.41, 5.74) is 1.79. The SMILES string of the molecule is CCc1ccc2c(C#N)cnc(OC)c2c1. The lowest BCUT2D eigenvalue weighted by atomic mass is 10.0. The molecule has 1 aromatic carbocycles. The van der Waals surface area contributed by atoms with Gasteiger partial charge in [0.1, 0.15) is 6.07 Å². The number of hydrogen-bond donors (Lipinski definition) is 0. The summed E-state index contributed by atoms with van der Waals surface area (Å²) in [6.45, 7) is 2.09. The molecule has 2 aromatic rings. The second-order valence-corrected chi connectivity index (χ2v) is 3.53. The Morgan fingerprint density at radius 3 is 2.81 bits per heavy atom. The Morgan fingerprint density at radius 1 is 1.38 bits per heavy atom. The second-order valence-electron chi connectivity index (χ2n) is 3.53. The summed E-state index contributed by atoms with van der Waals surface area (Å²) in [6, 6.07) is 8.16. The van der Waals surface area contributed by atoms with Crippen LogP contribution in [0.15, 0.2) is 24.4 Å². The van der Waals surface area contributed by atoms with Crippen LogP contribution < -0.4 is 4.74 Å². The van der Waals surface area contributed by atoms with E-state index in [1.165, 1.54) is 5.56 Å². The summed E-state index contributed by atoms with van der Waals surface area (Å²) < 4.78 is 5.21. The van der Waals surface area contributed by atoms with Crippen LogP contribution >= 0.6 is 0 Å². The zero-order chi connectivity index (χ0) is 11.5. The number of nitriles is 1. The van der Waals surface area contributed by atoms with Crippen LogP contribution in [0.1, 0.15) is 18.1 Å². The Bertz CT molecular complexity index is 570. The first-order valence-electron chi connectivity index (χ1n) is 5.16. The van der Waals surface area contributed by atoms with E-state index in [-0.39, 0.29) is 0 Å². The van der Waals surface area contributed by atoms with E-state index in [1.807, 2.05) is 18.2 Å². The van der Waals surface area contributed by atoms with Gasteiger partial charge in [0.25, 0.3) is 0 Å². The normalized spacial score (nSPS) is 10.1. The van der Waals surface area contributed by atoms with Gasteiger partial charge in [-0.2, -0.15) is 5.26 Å². The molecule has 2 rings (SSSR count). The van der Waals surface area contributed by atoms with Gasteiger partial charge in [-0.1, -0.05) is 19.1 Å². The summed E-state index contributed by atoms with van der Waals surface area (Å²) in [5.74, 6) is 0.573. The second kappa shape index (κ2) is 4.19. The van der Waals surface area contributed by atoms with Gasteiger partial charge in [0.2, 0.25) is 5.88 Å². The highest BCUT2D eigenvalue weighted by Crippen LogP contribution is 2.26. The predicted octanol–water partition coefficient (Wildman–Crippen LogP) is 2.68. The first-order valence-corrected chi connectivity index (χ1v) is 5.16. The van der Waals surface area contributed by atoms with E-state index < -0.39 is 0 Å². The van der Waals surface area contributed by atoms with Gasteiger partial charge in [-0.15, -0.1) is 0 Å². The van der Waals surface area contributed by atoms with E-state index in [0.717, 1.165) is 17.2 Å². The number of ether oxygens (including phenoxy) is 1. The Labute approximate surface area is 94.3 Å². The fourth-order valence-electron chi connectivity index (χ4n) is 1.74. The first-order chi connectivity index (χ1) is 7.80. The molecule has 0 fully saturated rings. The van der Waals surface area contributed by atoms with Crippen LogP contribution in [0.5, 0.6) is 5.88 Å². The van der Waals surface area contributed by atoms with E-state index in [1.54, 1.807) is 13.3 Å². The average molecular weight is 212 g/mol. The third-order valence-electron chi connectivity index (χ3n) is 2.64. The van der Waals surface area contributed by atoms with Crippen LogP contribution in [0.2, 0.25) is 0 Å². The van der Waals surface area contributed by atoms with Gasteiger partial charge in [0.05, 0.1) is 12.7 Å². The molecule has 3 heteroatoms. The molecule has 16 heavy (non-hydrogen) atoms. The summed E-state index contributed by atoms with van der Waals surface area (Å²) in [6.07, 6.45) is 2.50. The summed E-state index contributed by atoms with van der Waals surface area (Å²) in [4.78, 5) is 4.13. The molecule has 0 atom stereocenters. The molecule has 0 N–H and O–H groups in total. The van der Waals surface area contributed by atoms with Crippen LogP contribution in [0.4, 0.5) is 0 Å². The van der Waals surface area contributed by atoms with Crippen LogP contribution in [0.3, 0.4) is 0 Å². The van der Waals surface area contributed by atoms with Crippen molar-refractivity contribution in [2.75, 3.05) is 7.11 Å². The molecular formula is C13H12N2O. The predicted molar refractivity (Wildman–Crippen MR) is 62.4 cm³/mol. The van der Waals surface area contributed by atoms with Gasteiger partial charge in [-0.3, -0.25) is 0 Å². The fourth-order valence-corrected chi connectivity index (χ4v) is 1.74. The molecule has 0 aliphatic heterocycles. The lowest BCUT2D eigenvalue weighted by Gasteiger charge is -2.07. The molecule has 0 aliphatic carbocycles. The first kappa shape index (κ1) is 10.4. The standard InChI is InChI=1S/C13H12N2O/c1-3-9-4-5-11-10(7-14)8-15-13(16-2)12(11)6-9/h4-6,8H,3H2,1-2H3. The third kappa shape index (κ3) is 1.59. The topological polar surface area (TPSA) is 45.9 Å². The minimum Gasteiger partial charge on any atom is -0.481 e. The molecule has 3 nitrogen and oxygen atoms in total. The summed E-state index contributed by atoms with van der Waals surface area (Å²) in [5, 5.41) is 10.8. The lowest BCUT2D eigenvalue weighted by molar-refractivity contribution is 0.403. The lowest BCUT2D eigenvalue weighted by Crippen LogP contribution is -1.92. The van der Waals surface area contributed by atoms with Crippen molar-refractivity contribution in [3.8, 4) is 11.9 Å². The zero-order valence-corrected chi connectivity index (χ0v) is 9.32. The number of benzene rings is 1. The van der Waals surface area contributed by atoms with E-state index in [9.17, 15) is 0 Å². The number of methoxy groups -OCH3 is 1. The summed E-state index contributed by atoms with van der Waals surface area (Å²) >= 11 is 0. The molecule has 0 saturated heterocycles. The van der Waals surface area contributed by atoms with Gasteiger partial charge < -0.3 is 4.74 Å². The largest absolute Gasteiger partial charge is 0.481 e. The molecule has 1 aromatic heterocycles. The van der Waals surface area contributed by atoms with Gasteiger partial charge >= 0.3 is 0 Å². The van der Waals surface area contributed by atoms with Crippen molar-refractivity contribution >= 4 is 10.8 Å². The maximum Gasteiger partial charge on any atom is 0.221 e. The van der Waals surface area contributed by atoms with E-state index in [0.29, 0.717) is 11.4 Å². The number of aromatic nitrogens is 1. The number of rotatable bonds is 2. The van der Waals surface area contributed by atoms with E-state index >= 15 is 0 Å².